The molecule has 0 spiro atoms. The van der Waals surface area contributed by atoms with Crippen molar-refractivity contribution in [2.45, 2.75) is 82.7 Å². The fourth-order valence-corrected chi connectivity index (χ4v) is 6.51. The summed E-state index contributed by atoms with van der Waals surface area (Å²) in [6.45, 7) is 9.22. The van der Waals surface area contributed by atoms with E-state index in [-0.39, 0.29) is 0 Å². The summed E-state index contributed by atoms with van der Waals surface area (Å²) in [6, 6.07) is 8.06. The fourth-order valence-electron chi connectivity index (χ4n) is 6.51. The van der Waals surface area contributed by atoms with Crippen molar-refractivity contribution < 1.29 is 0 Å². The molecule has 2 aromatic heterocycles. The summed E-state index contributed by atoms with van der Waals surface area (Å²) in [6.07, 6.45) is 12.5. The molecule has 0 radical (unpaired) electrons. The maximum Gasteiger partial charge on any atom is 0.156 e. The number of nitrogens with zero attached hydrogens (tertiary/aromatic N) is 5. The fraction of sp³-hybridized carbons (Fsp3) is 0.704. The molecule has 2 saturated heterocycles. The van der Waals surface area contributed by atoms with Gasteiger partial charge in [0.1, 0.15) is 11.5 Å². The van der Waals surface area contributed by atoms with E-state index in [1.807, 2.05) is 0 Å². The third-order valence-electron chi connectivity index (χ3n) is 8.61. The number of piperazine rings is 1. The van der Waals surface area contributed by atoms with Crippen LogP contribution in [-0.4, -0.2) is 76.1 Å². The smallest absolute Gasteiger partial charge is 0.156 e. The van der Waals surface area contributed by atoms with Crippen LogP contribution in [-0.2, 0) is 0 Å². The first kappa shape index (κ1) is 21.6. The molecule has 4 heterocycles. The van der Waals surface area contributed by atoms with E-state index in [1.54, 1.807) is 0 Å². The van der Waals surface area contributed by atoms with Crippen molar-refractivity contribution in [3.63, 3.8) is 0 Å². The topological polar surface area (TPSA) is 51.3 Å². The highest BCUT2D eigenvalue weighted by atomic mass is 15.3. The van der Waals surface area contributed by atoms with Crippen molar-refractivity contribution in [3.05, 3.63) is 29.6 Å². The molecule has 1 N–H and O–H groups in total. The zero-order chi connectivity index (χ0) is 22.2. The first-order valence-corrected chi connectivity index (χ1v) is 13.5. The number of aromatic amines is 1. The van der Waals surface area contributed by atoms with Crippen LogP contribution in [0.3, 0.4) is 0 Å². The van der Waals surface area contributed by atoms with Gasteiger partial charge in [-0.2, -0.15) is 0 Å². The van der Waals surface area contributed by atoms with Crippen molar-refractivity contribution in [3.8, 4) is 11.5 Å². The average molecular weight is 449 g/mol. The largest absolute Gasteiger partial charge is 0.354 e. The van der Waals surface area contributed by atoms with Gasteiger partial charge in [-0.25, -0.2) is 9.97 Å². The Morgan fingerprint density at radius 1 is 0.758 bits per heavy atom. The van der Waals surface area contributed by atoms with Crippen molar-refractivity contribution in [2.24, 2.45) is 0 Å². The highest BCUT2D eigenvalue weighted by Gasteiger charge is 2.30. The minimum Gasteiger partial charge on any atom is -0.354 e. The van der Waals surface area contributed by atoms with Gasteiger partial charge in [-0.1, -0.05) is 18.9 Å². The Morgan fingerprint density at radius 3 is 2.27 bits per heavy atom. The summed E-state index contributed by atoms with van der Waals surface area (Å²) >= 11 is 0. The molecule has 1 unspecified atom stereocenters. The number of pyridine rings is 1. The second-order valence-corrected chi connectivity index (χ2v) is 10.8. The van der Waals surface area contributed by atoms with E-state index in [0.29, 0.717) is 5.92 Å². The van der Waals surface area contributed by atoms with Gasteiger partial charge in [0.15, 0.2) is 5.82 Å². The molecule has 6 nitrogen and oxygen atoms in total. The average Bonchev–Trinajstić information content (AvgIpc) is 3.49. The highest BCUT2D eigenvalue weighted by Crippen LogP contribution is 2.41. The zero-order valence-electron chi connectivity index (χ0n) is 20.3. The van der Waals surface area contributed by atoms with E-state index in [4.69, 9.17) is 9.97 Å². The van der Waals surface area contributed by atoms with Gasteiger partial charge in [0, 0.05) is 49.9 Å². The molecule has 2 aliphatic carbocycles. The quantitative estimate of drug-likeness (QED) is 0.726. The van der Waals surface area contributed by atoms with Crippen molar-refractivity contribution in [2.75, 3.05) is 44.2 Å². The third kappa shape index (κ3) is 4.69. The van der Waals surface area contributed by atoms with Gasteiger partial charge >= 0.3 is 0 Å². The van der Waals surface area contributed by atoms with Crippen LogP contribution in [0.1, 0.15) is 75.1 Å². The maximum absolute atomic E-state index is 5.01. The first-order valence-electron chi connectivity index (χ1n) is 13.5. The number of imidazole rings is 1. The lowest BCUT2D eigenvalue weighted by molar-refractivity contribution is 0.159. The van der Waals surface area contributed by atoms with E-state index in [1.165, 1.54) is 76.6 Å². The summed E-state index contributed by atoms with van der Waals surface area (Å²) < 4.78 is 0. The molecule has 0 aromatic carbocycles. The second kappa shape index (κ2) is 9.38. The van der Waals surface area contributed by atoms with Gasteiger partial charge in [-0.05, 0) is 77.1 Å². The number of hydrogen-bond acceptors (Lipinski definition) is 5. The SMILES string of the molecule is Cc1nc(-c2cccc(N3CCN(C4CCCN(C5CCCC5)CC4)CC3)n2)[nH]c1C1CC1. The molecule has 6 heteroatoms. The van der Waals surface area contributed by atoms with Gasteiger partial charge in [-0.3, -0.25) is 4.90 Å². The number of aromatic nitrogens is 3. The standard InChI is InChI=1S/C27H40N6/c1-20-26(21-11-12-21)30-27(28-20)24-9-4-10-25(29-24)33-18-16-32(17-19-33)23-8-5-14-31(15-13-23)22-6-2-3-7-22/h4,9-10,21-23H,2-3,5-8,11-19H2,1H3,(H,28,30). The Hall–Kier alpha value is -1.92. The zero-order valence-corrected chi connectivity index (χ0v) is 20.3. The van der Waals surface area contributed by atoms with Crippen LogP contribution in [0.2, 0.25) is 0 Å². The molecule has 2 saturated carbocycles. The lowest BCUT2D eigenvalue weighted by Gasteiger charge is -2.39. The Morgan fingerprint density at radius 2 is 1.48 bits per heavy atom. The lowest BCUT2D eigenvalue weighted by Crippen LogP contribution is -2.50. The van der Waals surface area contributed by atoms with Crippen LogP contribution >= 0.6 is 0 Å². The van der Waals surface area contributed by atoms with E-state index < -0.39 is 0 Å². The summed E-state index contributed by atoms with van der Waals surface area (Å²) in [5, 5.41) is 0. The molecule has 6 rings (SSSR count). The minimum atomic E-state index is 0.691. The Bertz CT molecular complexity index is 936. The van der Waals surface area contributed by atoms with Crippen LogP contribution in [0.15, 0.2) is 18.2 Å². The number of anilines is 1. The lowest BCUT2D eigenvalue weighted by atomic mass is 10.1. The van der Waals surface area contributed by atoms with E-state index in [9.17, 15) is 0 Å². The Labute approximate surface area is 198 Å². The van der Waals surface area contributed by atoms with Gasteiger partial charge in [0.25, 0.3) is 0 Å². The number of likely N-dealkylation sites (tertiary alicyclic amines) is 1. The van der Waals surface area contributed by atoms with Crippen LogP contribution in [0.5, 0.6) is 0 Å². The summed E-state index contributed by atoms with van der Waals surface area (Å²) in [5.41, 5.74) is 3.43. The Kier molecular flexibility index (Phi) is 6.14. The van der Waals surface area contributed by atoms with Gasteiger partial charge in [0.05, 0.1) is 5.69 Å². The van der Waals surface area contributed by atoms with Crippen LogP contribution in [0, 0.1) is 6.92 Å². The molecule has 1 atom stereocenters. The predicted octanol–water partition coefficient (Wildman–Crippen LogP) is 4.58. The van der Waals surface area contributed by atoms with Crippen LogP contribution < -0.4 is 4.90 Å². The third-order valence-corrected chi connectivity index (χ3v) is 8.61. The molecule has 178 valence electrons. The summed E-state index contributed by atoms with van der Waals surface area (Å²) in [7, 11) is 0. The van der Waals surface area contributed by atoms with Crippen LogP contribution in [0.25, 0.3) is 11.5 Å². The van der Waals surface area contributed by atoms with Gasteiger partial charge in [0.2, 0.25) is 0 Å². The number of rotatable bonds is 5. The molecule has 2 aliphatic heterocycles. The molecule has 2 aromatic rings. The Balaban J connectivity index is 1.06. The first-order chi connectivity index (χ1) is 16.2. The van der Waals surface area contributed by atoms with Crippen molar-refractivity contribution in [1.29, 1.82) is 0 Å². The van der Waals surface area contributed by atoms with Crippen molar-refractivity contribution >= 4 is 5.82 Å². The van der Waals surface area contributed by atoms with Crippen molar-refractivity contribution in [1.82, 2.24) is 24.8 Å². The molecule has 4 aliphatic rings. The maximum atomic E-state index is 5.01. The molecule has 0 amide bonds. The van der Waals surface area contributed by atoms with E-state index in [2.05, 4.69) is 44.8 Å². The molecule has 0 bridgehead atoms. The number of aryl methyl sites for hydroxylation is 1. The normalized spacial score (nSPS) is 26.1. The summed E-state index contributed by atoms with van der Waals surface area (Å²) in [5.74, 6) is 2.72. The predicted molar refractivity (Wildman–Crippen MR) is 134 cm³/mol. The van der Waals surface area contributed by atoms with Gasteiger partial charge in [-0.15, -0.1) is 0 Å². The minimum absolute atomic E-state index is 0.691. The van der Waals surface area contributed by atoms with Crippen LogP contribution in [0.4, 0.5) is 5.82 Å². The summed E-state index contributed by atoms with van der Waals surface area (Å²) in [4.78, 5) is 21.4. The molecule has 33 heavy (non-hydrogen) atoms. The van der Waals surface area contributed by atoms with E-state index in [0.717, 1.165) is 61.3 Å². The monoisotopic (exact) mass is 448 g/mol. The molecule has 4 fully saturated rings. The highest BCUT2D eigenvalue weighted by molar-refractivity contribution is 5.55. The number of H-pyrrole nitrogens is 1. The number of hydrogen-bond donors (Lipinski definition) is 1. The number of nitrogens with one attached hydrogen (secondary N) is 1. The second-order valence-electron chi connectivity index (χ2n) is 10.8. The van der Waals surface area contributed by atoms with Gasteiger partial charge < -0.3 is 14.8 Å². The molecular formula is C27H40N6. The van der Waals surface area contributed by atoms with E-state index >= 15 is 0 Å². The molecular weight excluding hydrogens is 408 g/mol.